The molecule has 3 rings (SSSR count). The third-order valence-corrected chi connectivity index (χ3v) is 6.97. The number of nitrogens with zero attached hydrogens (tertiary/aromatic N) is 4. The van der Waals surface area contributed by atoms with Gasteiger partial charge in [0.25, 0.3) is 0 Å². The molecule has 1 aromatic carbocycles. The van der Waals surface area contributed by atoms with E-state index in [9.17, 15) is 8.42 Å². The fourth-order valence-electron chi connectivity index (χ4n) is 3.36. The second-order valence-corrected chi connectivity index (χ2v) is 8.64. The maximum Gasteiger partial charge on any atom is 0.321 e. The van der Waals surface area contributed by atoms with Gasteiger partial charge in [0.05, 0.1) is 26.2 Å². The van der Waals surface area contributed by atoms with E-state index in [1.807, 2.05) is 17.9 Å². The summed E-state index contributed by atoms with van der Waals surface area (Å²) in [4.78, 5) is 10.7. The van der Waals surface area contributed by atoms with Gasteiger partial charge in [0, 0.05) is 38.3 Å². The molecule has 0 amide bonds. The lowest BCUT2D eigenvalue weighted by atomic mass is 10.1. The zero-order chi connectivity index (χ0) is 21.2. The lowest BCUT2D eigenvalue weighted by Gasteiger charge is -2.35. The fourth-order valence-corrected chi connectivity index (χ4v) is 5.00. The van der Waals surface area contributed by atoms with Crippen LogP contribution in [0.5, 0.6) is 17.6 Å². The molecule has 1 saturated heterocycles. The van der Waals surface area contributed by atoms with Crippen molar-refractivity contribution in [3.63, 3.8) is 0 Å². The Morgan fingerprint density at radius 1 is 0.862 bits per heavy atom. The van der Waals surface area contributed by atoms with Crippen LogP contribution in [0.2, 0.25) is 0 Å². The maximum atomic E-state index is 13.2. The third kappa shape index (κ3) is 4.23. The van der Waals surface area contributed by atoms with Gasteiger partial charge in [-0.05, 0) is 25.0 Å². The van der Waals surface area contributed by atoms with Crippen LogP contribution in [0.4, 0.5) is 5.82 Å². The van der Waals surface area contributed by atoms with Crippen LogP contribution in [-0.4, -0.2) is 70.2 Å². The van der Waals surface area contributed by atoms with Gasteiger partial charge in [-0.2, -0.15) is 14.3 Å². The SMILES string of the molecule is COc1cc(N2CCN(S(=O)(=O)c3cc(OC)c(C)cc3C)CC2)nc(OC)n1. The predicted octanol–water partition coefficient (Wildman–Crippen LogP) is 1.63. The summed E-state index contributed by atoms with van der Waals surface area (Å²) in [6.07, 6.45) is 0. The highest BCUT2D eigenvalue weighted by Gasteiger charge is 2.31. The Morgan fingerprint density at radius 2 is 1.55 bits per heavy atom. The molecule has 29 heavy (non-hydrogen) atoms. The average Bonchev–Trinajstić information content (AvgIpc) is 2.73. The minimum atomic E-state index is -3.63. The molecule has 0 atom stereocenters. The number of aryl methyl sites for hydroxylation is 2. The fraction of sp³-hybridized carbons (Fsp3) is 0.474. The molecule has 0 saturated carbocycles. The number of hydrogen-bond donors (Lipinski definition) is 0. The molecular weight excluding hydrogens is 396 g/mol. The minimum Gasteiger partial charge on any atom is -0.496 e. The number of rotatable bonds is 6. The van der Waals surface area contributed by atoms with Crippen molar-refractivity contribution in [2.75, 3.05) is 52.4 Å². The van der Waals surface area contributed by atoms with Crippen LogP contribution in [0.3, 0.4) is 0 Å². The summed E-state index contributed by atoms with van der Waals surface area (Å²) in [7, 11) is 0.919. The molecular formula is C19H26N4O5S. The summed E-state index contributed by atoms with van der Waals surface area (Å²) >= 11 is 0. The second-order valence-electron chi connectivity index (χ2n) is 6.73. The second kappa shape index (κ2) is 8.42. The molecule has 0 spiro atoms. The van der Waals surface area contributed by atoms with Gasteiger partial charge < -0.3 is 19.1 Å². The summed E-state index contributed by atoms with van der Waals surface area (Å²) in [5.41, 5.74) is 1.61. The summed E-state index contributed by atoms with van der Waals surface area (Å²) in [6.45, 7) is 5.36. The molecule has 0 aliphatic carbocycles. The molecule has 2 aromatic rings. The molecule has 0 bridgehead atoms. The first kappa shape index (κ1) is 21.1. The topological polar surface area (TPSA) is 94.1 Å². The van der Waals surface area contributed by atoms with E-state index in [1.54, 1.807) is 19.1 Å². The van der Waals surface area contributed by atoms with Gasteiger partial charge in [0.1, 0.15) is 11.6 Å². The number of hydrogen-bond acceptors (Lipinski definition) is 8. The van der Waals surface area contributed by atoms with E-state index in [-0.39, 0.29) is 10.9 Å². The lowest BCUT2D eigenvalue weighted by molar-refractivity contribution is 0.349. The molecule has 9 nitrogen and oxygen atoms in total. The van der Waals surface area contributed by atoms with Crippen LogP contribution in [0, 0.1) is 13.8 Å². The Bertz CT molecular complexity index is 966. The number of piperazine rings is 1. The Hall–Kier alpha value is -2.59. The number of methoxy groups -OCH3 is 3. The Labute approximate surface area is 171 Å². The highest BCUT2D eigenvalue weighted by Crippen LogP contribution is 2.29. The van der Waals surface area contributed by atoms with Crippen molar-refractivity contribution in [3.05, 3.63) is 29.3 Å². The van der Waals surface area contributed by atoms with E-state index >= 15 is 0 Å². The van der Waals surface area contributed by atoms with Crippen molar-refractivity contribution < 1.29 is 22.6 Å². The minimum absolute atomic E-state index is 0.205. The van der Waals surface area contributed by atoms with E-state index < -0.39 is 10.0 Å². The molecule has 158 valence electrons. The van der Waals surface area contributed by atoms with Crippen LogP contribution < -0.4 is 19.1 Å². The van der Waals surface area contributed by atoms with E-state index in [0.717, 1.165) is 5.56 Å². The van der Waals surface area contributed by atoms with Gasteiger partial charge in [-0.1, -0.05) is 6.07 Å². The van der Waals surface area contributed by atoms with Gasteiger partial charge in [0.2, 0.25) is 15.9 Å². The van der Waals surface area contributed by atoms with Crippen LogP contribution in [0.25, 0.3) is 0 Å². The standard InChI is InChI=1S/C19H26N4O5S/c1-13-10-14(2)16(11-15(13)26-3)29(24,25)23-8-6-22(7-9-23)17-12-18(27-4)21-19(20-17)28-5/h10-12H,6-9H2,1-5H3. The first-order chi connectivity index (χ1) is 13.8. The number of benzene rings is 1. The van der Waals surface area contributed by atoms with Crippen molar-refractivity contribution in [3.8, 4) is 17.6 Å². The van der Waals surface area contributed by atoms with Gasteiger partial charge in [-0.15, -0.1) is 0 Å². The molecule has 10 heteroatoms. The first-order valence-electron chi connectivity index (χ1n) is 9.17. The molecule has 0 unspecified atom stereocenters. The molecule has 0 radical (unpaired) electrons. The van der Waals surface area contributed by atoms with Crippen LogP contribution in [0.15, 0.2) is 23.1 Å². The van der Waals surface area contributed by atoms with Gasteiger partial charge >= 0.3 is 6.01 Å². The Balaban J connectivity index is 1.80. The normalized spacial score (nSPS) is 15.3. The maximum absolute atomic E-state index is 13.2. The smallest absolute Gasteiger partial charge is 0.321 e. The molecule has 1 fully saturated rings. The average molecular weight is 423 g/mol. The number of anilines is 1. The Morgan fingerprint density at radius 3 is 2.14 bits per heavy atom. The summed E-state index contributed by atoms with van der Waals surface area (Å²) in [6, 6.07) is 5.35. The monoisotopic (exact) mass is 422 g/mol. The van der Waals surface area contributed by atoms with Crippen molar-refractivity contribution in [1.82, 2.24) is 14.3 Å². The zero-order valence-corrected chi connectivity index (χ0v) is 18.1. The lowest BCUT2D eigenvalue weighted by Crippen LogP contribution is -2.49. The molecule has 1 aromatic heterocycles. The van der Waals surface area contributed by atoms with E-state index in [2.05, 4.69) is 9.97 Å². The summed E-state index contributed by atoms with van der Waals surface area (Å²) < 4.78 is 43.6. The highest BCUT2D eigenvalue weighted by atomic mass is 32.2. The third-order valence-electron chi connectivity index (χ3n) is 4.93. The van der Waals surface area contributed by atoms with Crippen molar-refractivity contribution in [1.29, 1.82) is 0 Å². The van der Waals surface area contributed by atoms with Crippen LogP contribution in [0.1, 0.15) is 11.1 Å². The van der Waals surface area contributed by atoms with E-state index in [4.69, 9.17) is 14.2 Å². The largest absolute Gasteiger partial charge is 0.496 e. The molecule has 0 N–H and O–H groups in total. The van der Waals surface area contributed by atoms with E-state index in [0.29, 0.717) is 49.2 Å². The van der Waals surface area contributed by atoms with Crippen molar-refractivity contribution >= 4 is 15.8 Å². The number of sulfonamides is 1. The molecule has 1 aliphatic rings. The van der Waals surface area contributed by atoms with Gasteiger partial charge in [-0.3, -0.25) is 0 Å². The predicted molar refractivity (Wildman–Crippen MR) is 109 cm³/mol. The van der Waals surface area contributed by atoms with Crippen molar-refractivity contribution in [2.24, 2.45) is 0 Å². The molecule has 1 aliphatic heterocycles. The Kier molecular flexibility index (Phi) is 6.13. The van der Waals surface area contributed by atoms with Crippen molar-refractivity contribution in [2.45, 2.75) is 18.7 Å². The van der Waals surface area contributed by atoms with Gasteiger partial charge in [0.15, 0.2) is 0 Å². The number of aromatic nitrogens is 2. The van der Waals surface area contributed by atoms with Gasteiger partial charge in [-0.25, -0.2) is 8.42 Å². The zero-order valence-electron chi connectivity index (χ0n) is 17.3. The molecule has 2 heterocycles. The number of ether oxygens (including phenoxy) is 3. The highest BCUT2D eigenvalue weighted by molar-refractivity contribution is 7.89. The summed E-state index contributed by atoms with van der Waals surface area (Å²) in [5, 5.41) is 0. The van der Waals surface area contributed by atoms with E-state index in [1.165, 1.54) is 25.6 Å². The quantitative estimate of drug-likeness (QED) is 0.693. The van der Waals surface area contributed by atoms with Crippen LogP contribution in [-0.2, 0) is 10.0 Å². The summed E-state index contributed by atoms with van der Waals surface area (Å²) in [5.74, 6) is 1.59. The first-order valence-corrected chi connectivity index (χ1v) is 10.6. The van der Waals surface area contributed by atoms with Crippen LogP contribution >= 0.6 is 0 Å².